The Labute approximate surface area is 193 Å². The molecule has 0 atom stereocenters. The first-order chi connectivity index (χ1) is 14.7. The lowest BCUT2D eigenvalue weighted by Gasteiger charge is -2.07. The third-order valence-electron chi connectivity index (χ3n) is 4.78. The zero-order chi connectivity index (χ0) is 22.3. The van der Waals surface area contributed by atoms with Crippen LogP contribution >= 0.6 is 39.1 Å². The minimum absolute atomic E-state index is 0.0248. The van der Waals surface area contributed by atoms with Crippen molar-refractivity contribution in [1.29, 1.82) is 0 Å². The molecule has 1 N–H and O–H groups in total. The van der Waals surface area contributed by atoms with Crippen molar-refractivity contribution in [3.8, 4) is 0 Å². The lowest BCUT2D eigenvalue weighted by Crippen LogP contribution is -2.21. The Balaban J connectivity index is 1.49. The average molecular weight is 537 g/mol. The maximum Gasteiger partial charge on any atom is 0.283 e. The molecule has 164 valence electrons. The topological polar surface area (TPSA) is 64.7 Å². The van der Waals surface area contributed by atoms with E-state index in [0.29, 0.717) is 10.2 Å². The molecule has 12 heteroatoms. The number of hydrogen-bond donors (Lipinski definition) is 1. The van der Waals surface area contributed by atoms with Crippen molar-refractivity contribution >= 4 is 50.9 Å². The number of alkyl halides is 2. The molecule has 31 heavy (non-hydrogen) atoms. The van der Waals surface area contributed by atoms with Crippen LogP contribution in [-0.4, -0.2) is 25.5 Å². The number of nitrogens with zero attached hydrogens (tertiary/aromatic N) is 4. The predicted molar refractivity (Wildman–Crippen MR) is 113 cm³/mol. The van der Waals surface area contributed by atoms with Gasteiger partial charge in [-0.25, -0.2) is 13.2 Å². The molecule has 0 spiro atoms. The van der Waals surface area contributed by atoms with Gasteiger partial charge in [-0.3, -0.25) is 14.2 Å². The molecule has 4 rings (SSSR count). The SMILES string of the molecule is O=C(Cn1nc(C(F)F)c(Cl)c1C1CC1)Nc1nn(Cc2c(F)cccc2Cl)cc1Br. The van der Waals surface area contributed by atoms with E-state index in [-0.39, 0.29) is 40.4 Å². The van der Waals surface area contributed by atoms with Gasteiger partial charge in [0.05, 0.1) is 21.7 Å². The van der Waals surface area contributed by atoms with Gasteiger partial charge in [-0.2, -0.15) is 10.2 Å². The third-order valence-corrected chi connectivity index (χ3v) is 6.10. The maximum atomic E-state index is 14.0. The van der Waals surface area contributed by atoms with E-state index < -0.39 is 23.8 Å². The number of aromatic nitrogens is 4. The molecule has 0 unspecified atom stereocenters. The van der Waals surface area contributed by atoms with Gasteiger partial charge in [-0.15, -0.1) is 0 Å². The van der Waals surface area contributed by atoms with Crippen molar-refractivity contribution in [2.45, 2.75) is 38.3 Å². The summed E-state index contributed by atoms with van der Waals surface area (Å²) >= 11 is 15.4. The summed E-state index contributed by atoms with van der Waals surface area (Å²) in [5.74, 6) is -0.769. The van der Waals surface area contributed by atoms with Gasteiger partial charge < -0.3 is 5.32 Å². The van der Waals surface area contributed by atoms with Crippen molar-refractivity contribution in [2.24, 2.45) is 0 Å². The molecule has 1 amide bonds. The van der Waals surface area contributed by atoms with E-state index in [4.69, 9.17) is 23.2 Å². The third kappa shape index (κ3) is 4.75. The van der Waals surface area contributed by atoms with Crippen LogP contribution in [0.15, 0.2) is 28.9 Å². The Kier molecular flexibility index (Phi) is 6.32. The van der Waals surface area contributed by atoms with Gasteiger partial charge in [-0.1, -0.05) is 29.3 Å². The molecule has 2 aromatic heterocycles. The number of anilines is 1. The molecule has 1 aromatic carbocycles. The van der Waals surface area contributed by atoms with Crippen LogP contribution < -0.4 is 5.32 Å². The molecule has 0 aliphatic heterocycles. The fraction of sp³-hybridized carbons (Fsp3) is 0.316. The van der Waals surface area contributed by atoms with Crippen molar-refractivity contribution in [1.82, 2.24) is 19.6 Å². The molecule has 1 aliphatic rings. The van der Waals surface area contributed by atoms with E-state index in [1.54, 1.807) is 12.3 Å². The Bertz CT molecular complexity index is 1130. The number of carbonyl (C=O) groups is 1. The molecular weight excluding hydrogens is 522 g/mol. The van der Waals surface area contributed by atoms with Crippen LogP contribution in [0.2, 0.25) is 10.0 Å². The summed E-state index contributed by atoms with van der Waals surface area (Å²) in [7, 11) is 0. The number of carbonyl (C=O) groups excluding carboxylic acids is 1. The number of nitrogens with one attached hydrogen (secondary N) is 1. The highest BCUT2D eigenvalue weighted by atomic mass is 79.9. The second-order valence-electron chi connectivity index (χ2n) is 7.09. The van der Waals surface area contributed by atoms with E-state index in [0.717, 1.165) is 12.8 Å². The average Bonchev–Trinajstić information content (AvgIpc) is 3.39. The van der Waals surface area contributed by atoms with E-state index in [2.05, 4.69) is 31.4 Å². The Morgan fingerprint density at radius 1 is 1.29 bits per heavy atom. The normalized spacial score (nSPS) is 13.8. The van der Waals surface area contributed by atoms with E-state index >= 15 is 0 Å². The number of amides is 1. The van der Waals surface area contributed by atoms with Gasteiger partial charge in [0.2, 0.25) is 5.91 Å². The summed E-state index contributed by atoms with van der Waals surface area (Å²) in [4.78, 5) is 12.5. The molecule has 0 bridgehead atoms. The lowest BCUT2D eigenvalue weighted by atomic mass is 10.2. The van der Waals surface area contributed by atoms with Crippen molar-refractivity contribution < 1.29 is 18.0 Å². The Hall–Kier alpha value is -2.04. The highest BCUT2D eigenvalue weighted by Gasteiger charge is 2.34. The van der Waals surface area contributed by atoms with Gasteiger partial charge >= 0.3 is 0 Å². The number of halogens is 6. The van der Waals surface area contributed by atoms with Crippen molar-refractivity contribution in [2.75, 3.05) is 5.32 Å². The first-order valence-electron chi connectivity index (χ1n) is 9.24. The fourth-order valence-electron chi connectivity index (χ4n) is 3.19. The molecular formula is C19H15BrCl2F3N5O. The molecule has 2 heterocycles. The monoisotopic (exact) mass is 535 g/mol. The molecule has 0 saturated heterocycles. The van der Waals surface area contributed by atoms with Gasteiger partial charge in [-0.05, 0) is 40.9 Å². The van der Waals surface area contributed by atoms with Gasteiger partial charge in [0.15, 0.2) is 5.82 Å². The minimum Gasteiger partial charge on any atom is -0.307 e. The van der Waals surface area contributed by atoms with E-state index in [1.165, 1.54) is 21.5 Å². The van der Waals surface area contributed by atoms with E-state index in [1.807, 2.05) is 0 Å². The largest absolute Gasteiger partial charge is 0.307 e. The van der Waals surface area contributed by atoms with Gasteiger partial charge in [0, 0.05) is 22.7 Å². The van der Waals surface area contributed by atoms with Crippen LogP contribution in [0.1, 0.15) is 42.1 Å². The predicted octanol–water partition coefficient (Wildman–Crippen LogP) is 5.79. The summed E-state index contributed by atoms with van der Waals surface area (Å²) in [6.07, 6.45) is 0.353. The first kappa shape index (κ1) is 22.2. The minimum atomic E-state index is -2.83. The summed E-state index contributed by atoms with van der Waals surface area (Å²) in [6.45, 7) is -0.241. The van der Waals surface area contributed by atoms with Crippen LogP contribution in [0.4, 0.5) is 19.0 Å². The van der Waals surface area contributed by atoms with Crippen LogP contribution in [0.3, 0.4) is 0 Å². The van der Waals surface area contributed by atoms with E-state index in [9.17, 15) is 18.0 Å². The van der Waals surface area contributed by atoms with Gasteiger partial charge in [0.25, 0.3) is 6.43 Å². The van der Waals surface area contributed by atoms with Crippen LogP contribution in [-0.2, 0) is 17.9 Å². The van der Waals surface area contributed by atoms with Crippen LogP contribution in [0.5, 0.6) is 0 Å². The number of hydrogen-bond acceptors (Lipinski definition) is 3. The molecule has 3 aromatic rings. The standard InChI is InChI=1S/C19H15BrCl2F3N5O/c20-11-7-29(6-10-12(21)2-1-3-13(10)23)28-19(11)26-14(31)8-30-17(9-4-5-9)15(22)16(27-30)18(24)25/h1-3,7,9,18H,4-6,8H2,(H,26,28,31). The van der Waals surface area contributed by atoms with Crippen molar-refractivity contribution in [3.63, 3.8) is 0 Å². The summed E-state index contributed by atoms with van der Waals surface area (Å²) < 4.78 is 43.4. The number of rotatable bonds is 7. The highest BCUT2D eigenvalue weighted by Crippen LogP contribution is 2.45. The summed E-state index contributed by atoms with van der Waals surface area (Å²) in [5.41, 5.74) is 0.186. The molecule has 1 fully saturated rings. The second-order valence-corrected chi connectivity index (χ2v) is 8.73. The zero-order valence-corrected chi connectivity index (χ0v) is 18.9. The van der Waals surface area contributed by atoms with Crippen LogP contribution in [0, 0.1) is 5.82 Å². The Morgan fingerprint density at radius 3 is 2.68 bits per heavy atom. The van der Waals surface area contributed by atoms with Gasteiger partial charge in [0.1, 0.15) is 18.1 Å². The lowest BCUT2D eigenvalue weighted by molar-refractivity contribution is -0.117. The Morgan fingerprint density at radius 2 is 2.03 bits per heavy atom. The smallest absolute Gasteiger partial charge is 0.283 e. The second kappa shape index (κ2) is 8.84. The quantitative estimate of drug-likeness (QED) is 0.415. The van der Waals surface area contributed by atoms with Crippen LogP contribution in [0.25, 0.3) is 0 Å². The highest BCUT2D eigenvalue weighted by molar-refractivity contribution is 9.10. The van der Waals surface area contributed by atoms with Crippen molar-refractivity contribution in [3.05, 3.63) is 61.7 Å². The first-order valence-corrected chi connectivity index (χ1v) is 10.8. The maximum absolute atomic E-state index is 14.0. The molecule has 1 aliphatic carbocycles. The zero-order valence-electron chi connectivity index (χ0n) is 15.8. The molecule has 0 radical (unpaired) electrons. The molecule has 6 nitrogen and oxygen atoms in total. The summed E-state index contributed by atoms with van der Waals surface area (Å²) in [6, 6.07) is 4.37. The fourth-order valence-corrected chi connectivity index (χ4v) is 4.20. The summed E-state index contributed by atoms with van der Waals surface area (Å²) in [5, 5.41) is 10.8. The number of benzene rings is 1. The molecule has 1 saturated carbocycles.